The van der Waals surface area contributed by atoms with Crippen molar-refractivity contribution in [3.8, 4) is 11.3 Å². The molecule has 160 valence electrons. The number of carbonyl (C=O) groups is 2. The van der Waals surface area contributed by atoms with Gasteiger partial charge in [0.25, 0.3) is 11.6 Å². The Morgan fingerprint density at radius 3 is 2.77 bits per heavy atom. The van der Waals surface area contributed by atoms with Gasteiger partial charge in [0.05, 0.1) is 23.3 Å². The molecule has 0 atom stereocenters. The highest BCUT2D eigenvalue weighted by Gasteiger charge is 2.21. The lowest BCUT2D eigenvalue weighted by Gasteiger charge is -2.11. The summed E-state index contributed by atoms with van der Waals surface area (Å²) in [5.41, 5.74) is 4.16. The highest BCUT2D eigenvalue weighted by Crippen LogP contribution is 2.29. The zero-order valence-corrected chi connectivity index (χ0v) is 17.7. The molecule has 1 aromatic carbocycles. The fourth-order valence-electron chi connectivity index (χ4n) is 2.99. The highest BCUT2D eigenvalue weighted by atomic mass is 32.1. The summed E-state index contributed by atoms with van der Waals surface area (Å²) in [6.07, 6.45) is 1.54. The molecule has 2 heterocycles. The molecule has 1 amide bonds. The Morgan fingerprint density at radius 1 is 1.29 bits per heavy atom. The van der Waals surface area contributed by atoms with Gasteiger partial charge in [-0.05, 0) is 31.4 Å². The first-order valence-electron chi connectivity index (χ1n) is 9.38. The van der Waals surface area contributed by atoms with Crippen LogP contribution >= 0.6 is 11.3 Å². The minimum atomic E-state index is -0.526. The van der Waals surface area contributed by atoms with Crippen molar-refractivity contribution >= 4 is 35.1 Å². The van der Waals surface area contributed by atoms with E-state index < -0.39 is 16.8 Å². The van der Waals surface area contributed by atoms with Crippen LogP contribution in [0.3, 0.4) is 0 Å². The first kappa shape index (κ1) is 21.9. The van der Waals surface area contributed by atoms with Gasteiger partial charge in [0.15, 0.2) is 0 Å². The summed E-state index contributed by atoms with van der Waals surface area (Å²) >= 11 is 1.48. The number of nitrogens with zero attached hydrogens (tertiary/aromatic N) is 3. The van der Waals surface area contributed by atoms with Crippen LogP contribution in [0.5, 0.6) is 0 Å². The molecule has 3 rings (SSSR count). The molecule has 0 saturated carbocycles. The van der Waals surface area contributed by atoms with Gasteiger partial charge in [0, 0.05) is 34.0 Å². The number of non-ortho nitro benzene ring substituents is 1. The molecule has 1 N–H and O–H groups in total. The van der Waals surface area contributed by atoms with E-state index in [1.165, 1.54) is 29.7 Å². The summed E-state index contributed by atoms with van der Waals surface area (Å²) in [6.45, 7) is 3.46. The third-order valence-corrected chi connectivity index (χ3v) is 5.25. The van der Waals surface area contributed by atoms with E-state index in [0.29, 0.717) is 22.5 Å². The van der Waals surface area contributed by atoms with E-state index in [-0.39, 0.29) is 18.8 Å². The quantitative estimate of drug-likeness (QED) is 0.248. The molecule has 0 aliphatic heterocycles. The van der Waals surface area contributed by atoms with Crippen LogP contribution in [0.2, 0.25) is 0 Å². The largest absolute Gasteiger partial charge is 0.462 e. The smallest absolute Gasteiger partial charge is 0.339 e. The van der Waals surface area contributed by atoms with Crippen molar-refractivity contribution in [3.05, 3.63) is 74.1 Å². The van der Waals surface area contributed by atoms with Gasteiger partial charge in [-0.25, -0.2) is 10.2 Å². The van der Waals surface area contributed by atoms with Crippen molar-refractivity contribution in [1.82, 2.24) is 9.99 Å². The average Bonchev–Trinajstić information content (AvgIpc) is 3.37. The van der Waals surface area contributed by atoms with E-state index in [1.54, 1.807) is 36.6 Å². The van der Waals surface area contributed by atoms with Gasteiger partial charge < -0.3 is 9.30 Å². The monoisotopic (exact) mass is 440 g/mol. The van der Waals surface area contributed by atoms with E-state index in [0.717, 1.165) is 4.88 Å². The third-order valence-electron chi connectivity index (χ3n) is 4.44. The van der Waals surface area contributed by atoms with Crippen LogP contribution in [0.25, 0.3) is 11.3 Å². The number of amides is 1. The molecule has 0 aliphatic carbocycles. The van der Waals surface area contributed by atoms with Crippen LogP contribution in [0.15, 0.2) is 52.9 Å². The van der Waals surface area contributed by atoms with Crippen molar-refractivity contribution in [2.45, 2.75) is 20.4 Å². The maximum Gasteiger partial charge on any atom is 0.339 e. The molecule has 2 aromatic heterocycles. The maximum absolute atomic E-state index is 12.5. The summed E-state index contributed by atoms with van der Waals surface area (Å²) in [6, 6.07) is 11.3. The summed E-state index contributed by atoms with van der Waals surface area (Å²) in [5.74, 6) is -0.935. The molecule has 0 fully saturated rings. The van der Waals surface area contributed by atoms with Crippen molar-refractivity contribution in [2.75, 3.05) is 6.61 Å². The minimum Gasteiger partial charge on any atom is -0.462 e. The third kappa shape index (κ3) is 5.23. The van der Waals surface area contributed by atoms with Crippen molar-refractivity contribution < 1.29 is 19.2 Å². The molecule has 0 unspecified atom stereocenters. The number of ether oxygens (including phenoxy) is 1. The Bertz CT molecular complexity index is 1130. The maximum atomic E-state index is 12.5. The number of aromatic nitrogens is 1. The number of rotatable bonds is 8. The predicted octanol–water partition coefficient (Wildman–Crippen LogP) is 3.76. The second-order valence-electron chi connectivity index (χ2n) is 6.45. The number of hydrazone groups is 1. The topological polar surface area (TPSA) is 116 Å². The van der Waals surface area contributed by atoms with E-state index in [4.69, 9.17) is 4.74 Å². The number of esters is 1. The lowest BCUT2D eigenvalue weighted by molar-refractivity contribution is -0.384. The Labute approximate surface area is 182 Å². The molecule has 0 bridgehead atoms. The molecule has 31 heavy (non-hydrogen) atoms. The molecule has 0 spiro atoms. The average molecular weight is 440 g/mol. The SMILES string of the molecule is CCOC(=O)c1cc(-c2cccc([N+](=O)[O-])c2)n(CC(=O)N/N=C/c2cccs2)c1C. The fraction of sp³-hybridized carbons (Fsp3) is 0.190. The number of nitro groups is 1. The van der Waals surface area contributed by atoms with Gasteiger partial charge in [0.1, 0.15) is 6.54 Å². The van der Waals surface area contributed by atoms with E-state index in [1.807, 2.05) is 17.5 Å². The highest BCUT2D eigenvalue weighted by molar-refractivity contribution is 7.11. The first-order chi connectivity index (χ1) is 14.9. The number of thiophene rings is 1. The Hall–Kier alpha value is -3.79. The van der Waals surface area contributed by atoms with E-state index in [9.17, 15) is 19.7 Å². The van der Waals surface area contributed by atoms with Gasteiger partial charge >= 0.3 is 5.97 Å². The number of nitrogens with one attached hydrogen (secondary N) is 1. The Kier molecular flexibility index (Phi) is 6.93. The molecule has 0 radical (unpaired) electrons. The lowest BCUT2D eigenvalue weighted by Crippen LogP contribution is -2.24. The van der Waals surface area contributed by atoms with Crippen molar-refractivity contribution in [2.24, 2.45) is 5.10 Å². The Balaban J connectivity index is 1.93. The van der Waals surface area contributed by atoms with E-state index in [2.05, 4.69) is 10.5 Å². The second kappa shape index (κ2) is 9.81. The van der Waals surface area contributed by atoms with Gasteiger partial charge in [-0.1, -0.05) is 18.2 Å². The van der Waals surface area contributed by atoms with Crippen LogP contribution in [0.1, 0.15) is 27.9 Å². The van der Waals surface area contributed by atoms with Crippen LogP contribution in [-0.2, 0) is 16.1 Å². The van der Waals surface area contributed by atoms with Crippen LogP contribution in [-0.4, -0.2) is 34.2 Å². The van der Waals surface area contributed by atoms with Crippen molar-refractivity contribution in [1.29, 1.82) is 0 Å². The molecular formula is C21H20N4O5S. The molecule has 3 aromatic rings. The molecule has 0 saturated heterocycles. The summed E-state index contributed by atoms with van der Waals surface area (Å²) in [7, 11) is 0. The van der Waals surface area contributed by atoms with Crippen molar-refractivity contribution in [3.63, 3.8) is 0 Å². The minimum absolute atomic E-state index is 0.0920. The molecule has 9 nitrogen and oxygen atoms in total. The summed E-state index contributed by atoms with van der Waals surface area (Å²) < 4.78 is 6.72. The number of nitro benzene ring substituents is 1. The van der Waals surface area contributed by atoms with Gasteiger partial charge in [-0.3, -0.25) is 14.9 Å². The molecular weight excluding hydrogens is 420 g/mol. The van der Waals surface area contributed by atoms with Gasteiger partial charge in [-0.15, -0.1) is 11.3 Å². The fourth-order valence-corrected chi connectivity index (χ4v) is 3.58. The number of benzene rings is 1. The van der Waals surface area contributed by atoms with Gasteiger partial charge in [-0.2, -0.15) is 5.10 Å². The lowest BCUT2D eigenvalue weighted by atomic mass is 10.1. The summed E-state index contributed by atoms with van der Waals surface area (Å²) in [4.78, 5) is 36.4. The molecule has 10 heteroatoms. The standard InChI is InChI=1S/C21H20N4O5S/c1-3-30-21(27)18-11-19(15-6-4-7-16(10-15)25(28)29)24(14(18)2)13-20(26)23-22-12-17-8-5-9-31-17/h4-12H,3,13H2,1-2H3,(H,23,26)/b22-12+. The first-order valence-corrected chi connectivity index (χ1v) is 10.3. The van der Waals surface area contributed by atoms with Crippen LogP contribution < -0.4 is 5.43 Å². The normalized spacial score (nSPS) is 10.9. The number of carbonyl (C=O) groups excluding carboxylic acids is 2. The predicted molar refractivity (Wildman–Crippen MR) is 117 cm³/mol. The second-order valence-corrected chi connectivity index (χ2v) is 7.43. The summed E-state index contributed by atoms with van der Waals surface area (Å²) in [5, 5.41) is 17.0. The molecule has 0 aliphatic rings. The van der Waals surface area contributed by atoms with Crippen LogP contribution in [0.4, 0.5) is 5.69 Å². The zero-order chi connectivity index (χ0) is 22.4. The Morgan fingerprint density at radius 2 is 2.10 bits per heavy atom. The van der Waals surface area contributed by atoms with Crippen LogP contribution in [0, 0.1) is 17.0 Å². The number of hydrogen-bond donors (Lipinski definition) is 1. The van der Waals surface area contributed by atoms with E-state index >= 15 is 0 Å². The zero-order valence-electron chi connectivity index (χ0n) is 16.9. The number of hydrogen-bond acceptors (Lipinski definition) is 7. The van der Waals surface area contributed by atoms with Gasteiger partial charge in [0.2, 0.25) is 0 Å².